The number of nitrogens with two attached hydrogens (primary N) is 1. The third-order valence-corrected chi connectivity index (χ3v) is 2.22. The molecule has 0 saturated carbocycles. The monoisotopic (exact) mass is 236 g/mol. The van der Waals surface area contributed by atoms with Crippen LogP contribution in [0.5, 0.6) is 5.75 Å². The molecular weight excluding hydrogens is 212 g/mol. The van der Waals surface area contributed by atoms with Crippen molar-refractivity contribution in [1.29, 1.82) is 0 Å². The highest BCUT2D eigenvalue weighted by Crippen LogP contribution is 2.24. The first-order valence-corrected chi connectivity index (χ1v) is 6.18. The summed E-state index contributed by atoms with van der Waals surface area (Å²) < 4.78 is 5.59. The molecule has 0 aliphatic rings. The highest BCUT2D eigenvalue weighted by molar-refractivity contribution is 5.59. The number of ether oxygens (including phenoxy) is 1. The molecule has 0 aromatic heterocycles. The number of rotatable bonds is 5. The predicted molar refractivity (Wildman–Crippen MR) is 74.6 cm³/mol. The van der Waals surface area contributed by atoms with Crippen LogP contribution in [0.3, 0.4) is 0 Å². The van der Waals surface area contributed by atoms with Crippen LogP contribution in [0, 0.1) is 5.41 Å². The number of hydrogen-bond donors (Lipinski definition) is 2. The molecule has 0 heterocycles. The normalized spacial score (nSPS) is 11.3. The van der Waals surface area contributed by atoms with E-state index in [1.54, 1.807) is 0 Å². The molecule has 1 aromatic rings. The van der Waals surface area contributed by atoms with E-state index >= 15 is 0 Å². The van der Waals surface area contributed by atoms with Crippen LogP contribution in [-0.4, -0.2) is 13.2 Å². The van der Waals surface area contributed by atoms with Crippen molar-refractivity contribution in [2.75, 3.05) is 24.2 Å². The van der Waals surface area contributed by atoms with Gasteiger partial charge in [0.05, 0.1) is 6.61 Å². The lowest BCUT2D eigenvalue weighted by atomic mass is 9.97. The molecule has 0 atom stereocenters. The SMILES string of the molecule is CCCOc1cc(N)cc(NCC(C)(C)C)c1. The molecule has 0 bridgehead atoms. The summed E-state index contributed by atoms with van der Waals surface area (Å²) in [5.41, 5.74) is 7.85. The molecule has 0 amide bonds. The van der Waals surface area contributed by atoms with Crippen molar-refractivity contribution in [3.05, 3.63) is 18.2 Å². The van der Waals surface area contributed by atoms with Gasteiger partial charge in [-0.05, 0) is 17.9 Å². The summed E-state index contributed by atoms with van der Waals surface area (Å²) in [6.45, 7) is 10.3. The summed E-state index contributed by atoms with van der Waals surface area (Å²) in [6, 6.07) is 5.79. The second-order valence-corrected chi connectivity index (χ2v) is 5.55. The zero-order valence-electron chi connectivity index (χ0n) is 11.3. The number of nitrogen functional groups attached to an aromatic ring is 1. The summed E-state index contributed by atoms with van der Waals surface area (Å²) in [7, 11) is 0. The number of nitrogens with one attached hydrogen (secondary N) is 1. The molecule has 96 valence electrons. The van der Waals surface area contributed by atoms with Crippen molar-refractivity contribution in [2.24, 2.45) is 5.41 Å². The maximum Gasteiger partial charge on any atom is 0.123 e. The van der Waals surface area contributed by atoms with Crippen molar-refractivity contribution >= 4 is 11.4 Å². The van der Waals surface area contributed by atoms with Crippen molar-refractivity contribution in [3.63, 3.8) is 0 Å². The molecule has 1 rings (SSSR count). The topological polar surface area (TPSA) is 47.3 Å². The van der Waals surface area contributed by atoms with Crippen molar-refractivity contribution < 1.29 is 4.74 Å². The molecule has 0 spiro atoms. The highest BCUT2D eigenvalue weighted by Gasteiger charge is 2.09. The molecule has 1 aromatic carbocycles. The Balaban J connectivity index is 2.68. The first kappa shape index (κ1) is 13.7. The van der Waals surface area contributed by atoms with Crippen LogP contribution < -0.4 is 15.8 Å². The molecule has 3 heteroatoms. The zero-order valence-corrected chi connectivity index (χ0v) is 11.3. The van der Waals surface area contributed by atoms with E-state index in [4.69, 9.17) is 10.5 Å². The van der Waals surface area contributed by atoms with E-state index in [2.05, 4.69) is 33.0 Å². The number of hydrogen-bond acceptors (Lipinski definition) is 3. The van der Waals surface area contributed by atoms with Gasteiger partial charge in [-0.25, -0.2) is 0 Å². The van der Waals surface area contributed by atoms with Gasteiger partial charge in [-0.15, -0.1) is 0 Å². The fraction of sp³-hybridized carbons (Fsp3) is 0.571. The lowest BCUT2D eigenvalue weighted by Crippen LogP contribution is -2.19. The molecule has 3 nitrogen and oxygen atoms in total. The van der Waals surface area contributed by atoms with Gasteiger partial charge in [0.1, 0.15) is 5.75 Å². The summed E-state index contributed by atoms with van der Waals surface area (Å²) in [5.74, 6) is 0.836. The fourth-order valence-corrected chi connectivity index (χ4v) is 1.39. The van der Waals surface area contributed by atoms with E-state index in [-0.39, 0.29) is 5.41 Å². The van der Waals surface area contributed by atoms with Gasteiger partial charge in [-0.2, -0.15) is 0 Å². The Morgan fingerprint density at radius 3 is 2.53 bits per heavy atom. The van der Waals surface area contributed by atoms with E-state index in [1.165, 1.54) is 0 Å². The maximum atomic E-state index is 5.85. The Hall–Kier alpha value is -1.38. The number of anilines is 2. The summed E-state index contributed by atoms with van der Waals surface area (Å²) in [4.78, 5) is 0. The average Bonchev–Trinajstić information content (AvgIpc) is 2.22. The Kier molecular flexibility index (Phi) is 4.67. The molecule has 0 aliphatic carbocycles. The van der Waals surface area contributed by atoms with E-state index in [9.17, 15) is 0 Å². The zero-order chi connectivity index (χ0) is 12.9. The molecule has 0 aliphatic heterocycles. The van der Waals surface area contributed by atoms with Gasteiger partial charge in [-0.1, -0.05) is 27.7 Å². The minimum absolute atomic E-state index is 0.245. The first-order valence-electron chi connectivity index (χ1n) is 6.18. The Morgan fingerprint density at radius 1 is 1.24 bits per heavy atom. The largest absolute Gasteiger partial charge is 0.493 e. The third-order valence-electron chi connectivity index (χ3n) is 2.22. The molecule has 17 heavy (non-hydrogen) atoms. The highest BCUT2D eigenvalue weighted by atomic mass is 16.5. The second kappa shape index (κ2) is 5.80. The van der Waals surface area contributed by atoms with Gasteiger partial charge in [0.2, 0.25) is 0 Å². The third kappa shape index (κ3) is 5.48. The fourth-order valence-electron chi connectivity index (χ4n) is 1.39. The Bertz CT molecular complexity index is 356. The Labute approximate surface area is 104 Å². The van der Waals surface area contributed by atoms with Gasteiger partial charge >= 0.3 is 0 Å². The van der Waals surface area contributed by atoms with E-state index in [0.29, 0.717) is 0 Å². The quantitative estimate of drug-likeness (QED) is 0.769. The summed E-state index contributed by atoms with van der Waals surface area (Å²) in [6.07, 6.45) is 1.000. The molecule has 0 saturated heterocycles. The molecule has 0 unspecified atom stereocenters. The lowest BCUT2D eigenvalue weighted by Gasteiger charge is -2.20. The molecular formula is C14H24N2O. The van der Waals surface area contributed by atoms with Gasteiger partial charge in [0.25, 0.3) is 0 Å². The predicted octanol–water partition coefficient (Wildman–Crippen LogP) is 3.52. The summed E-state index contributed by atoms with van der Waals surface area (Å²) >= 11 is 0. The minimum Gasteiger partial charge on any atom is -0.493 e. The van der Waals surface area contributed by atoms with E-state index < -0.39 is 0 Å². The van der Waals surface area contributed by atoms with Gasteiger partial charge < -0.3 is 15.8 Å². The molecule has 0 radical (unpaired) electrons. The van der Waals surface area contributed by atoms with Crippen LogP contribution >= 0.6 is 0 Å². The molecule has 0 fully saturated rings. The van der Waals surface area contributed by atoms with Crippen molar-refractivity contribution in [2.45, 2.75) is 34.1 Å². The Morgan fingerprint density at radius 2 is 1.94 bits per heavy atom. The van der Waals surface area contributed by atoms with Crippen LogP contribution in [0.1, 0.15) is 34.1 Å². The van der Waals surface area contributed by atoms with Crippen LogP contribution in [0.2, 0.25) is 0 Å². The van der Waals surface area contributed by atoms with E-state index in [0.717, 1.165) is 36.7 Å². The molecule has 3 N–H and O–H groups in total. The van der Waals surface area contributed by atoms with E-state index in [1.807, 2.05) is 18.2 Å². The first-order chi connectivity index (χ1) is 7.90. The average molecular weight is 236 g/mol. The standard InChI is InChI=1S/C14H24N2O/c1-5-6-17-13-8-11(15)7-12(9-13)16-10-14(2,3)4/h7-9,16H,5-6,10,15H2,1-4H3. The van der Waals surface area contributed by atoms with Gasteiger partial charge in [0.15, 0.2) is 0 Å². The maximum absolute atomic E-state index is 5.85. The lowest BCUT2D eigenvalue weighted by molar-refractivity contribution is 0.317. The van der Waals surface area contributed by atoms with Gasteiger partial charge in [-0.3, -0.25) is 0 Å². The minimum atomic E-state index is 0.245. The van der Waals surface area contributed by atoms with Crippen molar-refractivity contribution in [1.82, 2.24) is 0 Å². The van der Waals surface area contributed by atoms with Gasteiger partial charge in [0, 0.05) is 30.1 Å². The van der Waals surface area contributed by atoms with Crippen LogP contribution in [-0.2, 0) is 0 Å². The van der Waals surface area contributed by atoms with Crippen molar-refractivity contribution in [3.8, 4) is 5.75 Å². The van der Waals surface area contributed by atoms with Crippen LogP contribution in [0.15, 0.2) is 18.2 Å². The number of benzene rings is 1. The van der Waals surface area contributed by atoms with Crippen LogP contribution in [0.4, 0.5) is 11.4 Å². The summed E-state index contributed by atoms with van der Waals surface area (Å²) in [5, 5.41) is 3.38. The van der Waals surface area contributed by atoms with Crippen LogP contribution in [0.25, 0.3) is 0 Å². The smallest absolute Gasteiger partial charge is 0.123 e. The second-order valence-electron chi connectivity index (χ2n) is 5.55.